The Morgan fingerprint density at radius 3 is 2.64 bits per heavy atom. The fourth-order valence-corrected chi connectivity index (χ4v) is 1.09. The molecule has 0 saturated carbocycles. The lowest BCUT2D eigenvalue weighted by atomic mass is 10.1. The molecule has 1 N–H and O–H groups in total. The van der Waals surface area contributed by atoms with Crippen LogP contribution in [0.1, 0.15) is 20.3 Å². The van der Waals surface area contributed by atoms with E-state index < -0.39 is 5.54 Å². The quantitative estimate of drug-likeness (QED) is 0.592. The van der Waals surface area contributed by atoms with Crippen molar-refractivity contribution in [2.45, 2.75) is 25.8 Å². The molecule has 1 unspecified atom stereocenters. The highest BCUT2D eigenvalue weighted by Gasteiger charge is 2.21. The molecule has 0 aromatic rings. The van der Waals surface area contributed by atoms with Crippen molar-refractivity contribution in [3.8, 4) is 6.07 Å². The minimum atomic E-state index is -0.568. The van der Waals surface area contributed by atoms with Crippen molar-refractivity contribution in [3.05, 3.63) is 0 Å². The molecule has 0 aliphatic carbocycles. The number of methoxy groups -OCH3 is 1. The Morgan fingerprint density at radius 2 is 2.14 bits per heavy atom. The van der Waals surface area contributed by atoms with E-state index in [9.17, 15) is 0 Å². The first-order valence-corrected chi connectivity index (χ1v) is 4.91. The van der Waals surface area contributed by atoms with Crippen molar-refractivity contribution < 1.29 is 9.47 Å². The van der Waals surface area contributed by atoms with Crippen molar-refractivity contribution in [1.29, 1.82) is 5.26 Å². The Labute approximate surface area is 86.2 Å². The predicted molar refractivity (Wildman–Crippen MR) is 55.0 cm³/mol. The van der Waals surface area contributed by atoms with Crippen molar-refractivity contribution >= 4 is 0 Å². The van der Waals surface area contributed by atoms with Crippen molar-refractivity contribution in [3.63, 3.8) is 0 Å². The van der Waals surface area contributed by atoms with Crippen LogP contribution < -0.4 is 5.32 Å². The number of hydrogen-bond donors (Lipinski definition) is 1. The average molecular weight is 200 g/mol. The molecule has 0 aliphatic rings. The number of nitrogens with one attached hydrogen (secondary N) is 1. The van der Waals surface area contributed by atoms with Crippen molar-refractivity contribution in [1.82, 2.24) is 5.32 Å². The van der Waals surface area contributed by atoms with Crippen LogP contribution in [0.5, 0.6) is 0 Å². The molecule has 0 bridgehead atoms. The molecular formula is C10H20N2O2. The number of ether oxygens (including phenoxy) is 2. The second-order valence-electron chi connectivity index (χ2n) is 3.37. The zero-order valence-electron chi connectivity index (χ0n) is 9.30. The molecule has 4 heteroatoms. The summed E-state index contributed by atoms with van der Waals surface area (Å²) in [4.78, 5) is 0. The van der Waals surface area contributed by atoms with E-state index in [4.69, 9.17) is 14.7 Å². The van der Waals surface area contributed by atoms with Gasteiger partial charge in [0.25, 0.3) is 0 Å². The van der Waals surface area contributed by atoms with E-state index in [-0.39, 0.29) is 0 Å². The number of nitriles is 1. The van der Waals surface area contributed by atoms with Crippen LogP contribution in [0.2, 0.25) is 0 Å². The molecule has 0 amide bonds. The van der Waals surface area contributed by atoms with E-state index in [1.54, 1.807) is 7.11 Å². The molecule has 0 fully saturated rings. The van der Waals surface area contributed by atoms with Gasteiger partial charge in [-0.3, -0.25) is 5.32 Å². The molecule has 0 aromatic heterocycles. The van der Waals surface area contributed by atoms with Gasteiger partial charge in [0, 0.05) is 20.3 Å². The van der Waals surface area contributed by atoms with Gasteiger partial charge in [0.15, 0.2) is 0 Å². The van der Waals surface area contributed by atoms with Gasteiger partial charge < -0.3 is 9.47 Å². The topological polar surface area (TPSA) is 54.3 Å². The lowest BCUT2D eigenvalue weighted by Gasteiger charge is -2.22. The summed E-state index contributed by atoms with van der Waals surface area (Å²) < 4.78 is 10.3. The first kappa shape index (κ1) is 13.4. The van der Waals surface area contributed by atoms with Gasteiger partial charge in [0.05, 0.1) is 12.7 Å². The van der Waals surface area contributed by atoms with E-state index in [1.807, 2.05) is 13.8 Å². The summed E-state index contributed by atoms with van der Waals surface area (Å²) in [7, 11) is 1.66. The lowest BCUT2D eigenvalue weighted by Crippen LogP contribution is -2.45. The van der Waals surface area contributed by atoms with Gasteiger partial charge in [-0.05, 0) is 19.9 Å². The molecule has 0 aromatic carbocycles. The molecule has 0 rings (SSSR count). The zero-order chi connectivity index (χ0) is 10.9. The van der Waals surface area contributed by atoms with E-state index in [0.717, 1.165) is 13.0 Å². The zero-order valence-corrected chi connectivity index (χ0v) is 9.30. The standard InChI is InChI=1S/C10H20N2O2/c1-4-12-10(2,8-11)9-14-7-5-6-13-3/h12H,4-7,9H2,1-3H3. The van der Waals surface area contributed by atoms with Crippen LogP contribution in [0.25, 0.3) is 0 Å². The minimum absolute atomic E-state index is 0.418. The third-order valence-electron chi connectivity index (χ3n) is 1.84. The Morgan fingerprint density at radius 1 is 1.43 bits per heavy atom. The monoisotopic (exact) mass is 200 g/mol. The van der Waals surface area contributed by atoms with Crippen molar-refractivity contribution in [2.24, 2.45) is 0 Å². The molecule has 0 spiro atoms. The summed E-state index contributed by atoms with van der Waals surface area (Å²) in [6.45, 7) is 6.33. The fraction of sp³-hybridized carbons (Fsp3) is 0.900. The highest BCUT2D eigenvalue weighted by atomic mass is 16.5. The highest BCUT2D eigenvalue weighted by Crippen LogP contribution is 2.02. The van der Waals surface area contributed by atoms with Gasteiger partial charge in [0.1, 0.15) is 5.54 Å². The lowest BCUT2D eigenvalue weighted by molar-refractivity contribution is 0.0763. The van der Waals surface area contributed by atoms with E-state index in [0.29, 0.717) is 19.8 Å². The van der Waals surface area contributed by atoms with Crippen LogP contribution in [-0.2, 0) is 9.47 Å². The third-order valence-corrected chi connectivity index (χ3v) is 1.84. The van der Waals surface area contributed by atoms with Gasteiger partial charge >= 0.3 is 0 Å². The second-order valence-corrected chi connectivity index (χ2v) is 3.37. The number of likely N-dealkylation sites (N-methyl/N-ethyl adjacent to an activating group) is 1. The first-order valence-electron chi connectivity index (χ1n) is 4.91. The Bertz CT molecular complexity index is 179. The molecule has 0 heterocycles. The summed E-state index contributed by atoms with van der Waals surface area (Å²) in [5, 5.41) is 12.0. The average Bonchev–Trinajstić information content (AvgIpc) is 2.18. The number of rotatable bonds is 8. The van der Waals surface area contributed by atoms with Crippen LogP contribution in [0.4, 0.5) is 0 Å². The van der Waals surface area contributed by atoms with Crippen LogP contribution in [0, 0.1) is 11.3 Å². The highest BCUT2D eigenvalue weighted by molar-refractivity contribution is 5.03. The Kier molecular flexibility index (Phi) is 7.40. The molecule has 4 nitrogen and oxygen atoms in total. The van der Waals surface area contributed by atoms with Gasteiger partial charge in [-0.2, -0.15) is 5.26 Å². The van der Waals surface area contributed by atoms with Crippen LogP contribution in [0.15, 0.2) is 0 Å². The summed E-state index contributed by atoms with van der Waals surface area (Å²) in [6, 6.07) is 2.20. The van der Waals surface area contributed by atoms with Crippen LogP contribution in [0.3, 0.4) is 0 Å². The van der Waals surface area contributed by atoms with Gasteiger partial charge in [-0.15, -0.1) is 0 Å². The fourth-order valence-electron chi connectivity index (χ4n) is 1.09. The van der Waals surface area contributed by atoms with Crippen molar-refractivity contribution in [2.75, 3.05) is 33.5 Å². The number of hydrogen-bond acceptors (Lipinski definition) is 4. The Hall–Kier alpha value is -0.630. The van der Waals surface area contributed by atoms with Crippen LogP contribution >= 0.6 is 0 Å². The molecule has 1 atom stereocenters. The summed E-state index contributed by atoms with van der Waals surface area (Å²) in [5.74, 6) is 0. The van der Waals surface area contributed by atoms with E-state index in [1.165, 1.54) is 0 Å². The maximum Gasteiger partial charge on any atom is 0.127 e. The molecule has 0 radical (unpaired) electrons. The molecule has 14 heavy (non-hydrogen) atoms. The second kappa shape index (κ2) is 7.74. The van der Waals surface area contributed by atoms with Gasteiger partial charge in [-0.25, -0.2) is 0 Å². The minimum Gasteiger partial charge on any atom is -0.385 e. The smallest absolute Gasteiger partial charge is 0.127 e. The third kappa shape index (κ3) is 5.92. The Balaban J connectivity index is 3.58. The normalized spacial score (nSPS) is 14.7. The molecule has 0 aliphatic heterocycles. The summed E-state index contributed by atoms with van der Waals surface area (Å²) >= 11 is 0. The molecular weight excluding hydrogens is 180 g/mol. The van der Waals surface area contributed by atoms with Crippen LogP contribution in [-0.4, -0.2) is 39.0 Å². The SMILES string of the molecule is CCNC(C)(C#N)COCCCOC. The van der Waals surface area contributed by atoms with E-state index >= 15 is 0 Å². The van der Waals surface area contributed by atoms with Gasteiger partial charge in [-0.1, -0.05) is 6.92 Å². The molecule has 0 saturated heterocycles. The summed E-state index contributed by atoms with van der Waals surface area (Å²) in [5.41, 5.74) is -0.568. The predicted octanol–water partition coefficient (Wildman–Crippen LogP) is 0.931. The summed E-state index contributed by atoms with van der Waals surface area (Å²) in [6.07, 6.45) is 0.865. The largest absolute Gasteiger partial charge is 0.385 e. The number of nitrogens with zero attached hydrogens (tertiary/aromatic N) is 1. The van der Waals surface area contributed by atoms with E-state index in [2.05, 4.69) is 11.4 Å². The maximum absolute atomic E-state index is 8.90. The maximum atomic E-state index is 8.90. The first-order chi connectivity index (χ1) is 6.68. The molecule has 82 valence electrons. The van der Waals surface area contributed by atoms with Gasteiger partial charge in [0.2, 0.25) is 0 Å².